The molecule has 0 spiro atoms. The molecule has 1 aromatic rings. The Morgan fingerprint density at radius 3 is 2.40 bits per heavy atom. The largest absolute Gasteiger partial charge is 0.496 e. The molecule has 1 atom stereocenters. The lowest BCUT2D eigenvalue weighted by Crippen LogP contribution is -2.18. The number of aliphatic hydroxyl groups is 1. The summed E-state index contributed by atoms with van der Waals surface area (Å²) in [7, 11) is 1.50. The van der Waals surface area contributed by atoms with E-state index in [1.807, 2.05) is 0 Å². The first-order valence-electron chi connectivity index (χ1n) is 4.91. The minimum atomic E-state index is -1.16. The Labute approximate surface area is 89.7 Å². The van der Waals surface area contributed by atoms with Gasteiger partial charge in [0.15, 0.2) is 0 Å². The number of alkyl halides is 1. The van der Waals surface area contributed by atoms with E-state index in [1.165, 1.54) is 14.0 Å². The van der Waals surface area contributed by atoms with Crippen molar-refractivity contribution in [3.05, 3.63) is 29.3 Å². The molecule has 0 aliphatic heterocycles. The standard InChI is InChI=1S/C12H17FO2/c1-8(13)11-9(12(2,3)14)6-5-7-10(11)15-4/h5-8,14H,1-4H3. The molecule has 0 heterocycles. The molecule has 15 heavy (non-hydrogen) atoms. The van der Waals surface area contributed by atoms with E-state index >= 15 is 0 Å². The Balaban J connectivity index is 3.39. The molecule has 0 aliphatic rings. The van der Waals surface area contributed by atoms with Gasteiger partial charge in [-0.25, -0.2) is 4.39 Å². The van der Waals surface area contributed by atoms with E-state index in [4.69, 9.17) is 4.74 Å². The van der Waals surface area contributed by atoms with Crippen molar-refractivity contribution >= 4 is 0 Å². The topological polar surface area (TPSA) is 29.5 Å². The number of ether oxygens (including phenoxy) is 1. The first-order valence-corrected chi connectivity index (χ1v) is 4.91. The fourth-order valence-electron chi connectivity index (χ4n) is 1.67. The maximum absolute atomic E-state index is 13.5. The molecule has 0 radical (unpaired) electrons. The van der Waals surface area contributed by atoms with Crippen LogP contribution in [0.25, 0.3) is 0 Å². The fourth-order valence-corrected chi connectivity index (χ4v) is 1.67. The predicted molar refractivity (Wildman–Crippen MR) is 57.8 cm³/mol. The first kappa shape index (κ1) is 12.0. The van der Waals surface area contributed by atoms with E-state index in [1.54, 1.807) is 32.0 Å². The molecule has 1 N–H and O–H groups in total. The van der Waals surface area contributed by atoms with Gasteiger partial charge in [-0.05, 0) is 32.4 Å². The Morgan fingerprint density at radius 1 is 1.40 bits per heavy atom. The fraction of sp³-hybridized carbons (Fsp3) is 0.500. The van der Waals surface area contributed by atoms with Crippen molar-refractivity contribution in [3.8, 4) is 5.75 Å². The van der Waals surface area contributed by atoms with Crippen LogP contribution in [0.2, 0.25) is 0 Å². The Kier molecular flexibility index (Phi) is 3.35. The Morgan fingerprint density at radius 2 is 2.00 bits per heavy atom. The molecule has 2 nitrogen and oxygen atoms in total. The van der Waals surface area contributed by atoms with Gasteiger partial charge in [-0.3, -0.25) is 0 Å². The Bertz CT molecular complexity index is 340. The van der Waals surface area contributed by atoms with E-state index in [0.29, 0.717) is 16.9 Å². The van der Waals surface area contributed by atoms with E-state index in [-0.39, 0.29) is 0 Å². The molecule has 0 amide bonds. The van der Waals surface area contributed by atoms with Gasteiger partial charge in [0.2, 0.25) is 0 Å². The second-order valence-electron chi connectivity index (χ2n) is 4.10. The number of halogens is 1. The van der Waals surface area contributed by atoms with Crippen molar-refractivity contribution in [3.63, 3.8) is 0 Å². The lowest BCUT2D eigenvalue weighted by Gasteiger charge is -2.23. The van der Waals surface area contributed by atoms with E-state index < -0.39 is 11.8 Å². The second-order valence-corrected chi connectivity index (χ2v) is 4.10. The van der Waals surface area contributed by atoms with Gasteiger partial charge in [0, 0.05) is 5.56 Å². The zero-order chi connectivity index (χ0) is 11.6. The summed E-state index contributed by atoms with van der Waals surface area (Å²) < 4.78 is 18.6. The van der Waals surface area contributed by atoms with Gasteiger partial charge in [-0.2, -0.15) is 0 Å². The summed E-state index contributed by atoms with van der Waals surface area (Å²) in [6.07, 6.45) is -1.16. The molecule has 0 fully saturated rings. The third-order valence-electron chi connectivity index (χ3n) is 2.34. The smallest absolute Gasteiger partial charge is 0.126 e. The SMILES string of the molecule is COc1cccc(C(C)(C)O)c1C(C)F. The van der Waals surface area contributed by atoms with Crippen LogP contribution in [0.3, 0.4) is 0 Å². The van der Waals surface area contributed by atoms with Crippen LogP contribution in [-0.4, -0.2) is 12.2 Å². The van der Waals surface area contributed by atoms with Crippen molar-refractivity contribution in [1.29, 1.82) is 0 Å². The third kappa shape index (κ3) is 2.48. The summed E-state index contributed by atoms with van der Waals surface area (Å²) >= 11 is 0. The van der Waals surface area contributed by atoms with Crippen LogP contribution in [-0.2, 0) is 5.60 Å². The molecule has 0 aromatic heterocycles. The summed E-state index contributed by atoms with van der Waals surface area (Å²) in [5.41, 5.74) is -0.0751. The normalized spacial score (nSPS) is 13.7. The van der Waals surface area contributed by atoms with Crippen LogP contribution in [0, 0.1) is 0 Å². The highest BCUT2D eigenvalue weighted by molar-refractivity contribution is 5.44. The van der Waals surface area contributed by atoms with Crippen molar-refractivity contribution in [1.82, 2.24) is 0 Å². The van der Waals surface area contributed by atoms with Gasteiger partial charge in [0.25, 0.3) is 0 Å². The summed E-state index contributed by atoms with van der Waals surface area (Å²) in [6, 6.07) is 5.16. The third-order valence-corrected chi connectivity index (χ3v) is 2.34. The van der Waals surface area contributed by atoms with Gasteiger partial charge in [-0.15, -0.1) is 0 Å². The van der Waals surface area contributed by atoms with Crippen molar-refractivity contribution in [2.24, 2.45) is 0 Å². The maximum atomic E-state index is 13.5. The first-order chi connectivity index (χ1) is 6.88. The van der Waals surface area contributed by atoms with Crippen LogP contribution < -0.4 is 4.74 Å². The molecule has 1 unspecified atom stereocenters. The maximum Gasteiger partial charge on any atom is 0.126 e. The Hall–Kier alpha value is -1.09. The number of methoxy groups -OCH3 is 1. The molecular formula is C12H17FO2. The quantitative estimate of drug-likeness (QED) is 0.834. The summed E-state index contributed by atoms with van der Waals surface area (Å²) in [4.78, 5) is 0. The molecular weight excluding hydrogens is 195 g/mol. The molecule has 0 bridgehead atoms. The molecule has 3 heteroatoms. The lowest BCUT2D eigenvalue weighted by molar-refractivity contribution is 0.0757. The minimum Gasteiger partial charge on any atom is -0.496 e. The molecule has 0 saturated carbocycles. The highest BCUT2D eigenvalue weighted by atomic mass is 19.1. The van der Waals surface area contributed by atoms with Crippen molar-refractivity contribution in [2.45, 2.75) is 32.5 Å². The average molecular weight is 212 g/mol. The van der Waals surface area contributed by atoms with Crippen LogP contribution >= 0.6 is 0 Å². The number of benzene rings is 1. The zero-order valence-electron chi connectivity index (χ0n) is 9.54. The van der Waals surface area contributed by atoms with Crippen LogP contribution in [0.1, 0.15) is 38.1 Å². The van der Waals surface area contributed by atoms with Gasteiger partial charge >= 0.3 is 0 Å². The van der Waals surface area contributed by atoms with Gasteiger partial charge < -0.3 is 9.84 Å². The number of hydrogen-bond acceptors (Lipinski definition) is 2. The van der Waals surface area contributed by atoms with Gasteiger partial charge in [-0.1, -0.05) is 12.1 Å². The monoisotopic (exact) mass is 212 g/mol. The van der Waals surface area contributed by atoms with Crippen LogP contribution in [0.4, 0.5) is 4.39 Å². The van der Waals surface area contributed by atoms with E-state index in [0.717, 1.165) is 0 Å². The van der Waals surface area contributed by atoms with E-state index in [9.17, 15) is 9.50 Å². The average Bonchev–Trinajstić information content (AvgIpc) is 2.15. The second kappa shape index (κ2) is 4.19. The molecule has 84 valence electrons. The van der Waals surface area contributed by atoms with Crippen molar-refractivity contribution in [2.75, 3.05) is 7.11 Å². The van der Waals surface area contributed by atoms with Crippen LogP contribution in [0.15, 0.2) is 18.2 Å². The molecule has 0 aliphatic carbocycles. The van der Waals surface area contributed by atoms with Gasteiger partial charge in [0.05, 0.1) is 12.7 Å². The van der Waals surface area contributed by atoms with Gasteiger partial charge in [0.1, 0.15) is 11.9 Å². The number of hydrogen-bond donors (Lipinski definition) is 1. The summed E-state index contributed by atoms with van der Waals surface area (Å²) in [5.74, 6) is 0.477. The molecule has 1 rings (SSSR count). The predicted octanol–water partition coefficient (Wildman–Crippen LogP) is 2.95. The van der Waals surface area contributed by atoms with Crippen molar-refractivity contribution < 1.29 is 14.2 Å². The summed E-state index contributed by atoms with van der Waals surface area (Å²) in [6.45, 7) is 4.70. The highest BCUT2D eigenvalue weighted by Crippen LogP contribution is 2.36. The summed E-state index contributed by atoms with van der Waals surface area (Å²) in [5, 5.41) is 9.92. The number of rotatable bonds is 3. The molecule has 0 saturated heterocycles. The highest BCUT2D eigenvalue weighted by Gasteiger charge is 2.25. The van der Waals surface area contributed by atoms with Crippen LogP contribution in [0.5, 0.6) is 5.75 Å². The molecule has 1 aromatic carbocycles. The zero-order valence-corrected chi connectivity index (χ0v) is 9.54. The minimum absolute atomic E-state index is 0.424. The van der Waals surface area contributed by atoms with E-state index in [2.05, 4.69) is 0 Å². The lowest BCUT2D eigenvalue weighted by atomic mass is 9.91.